The first kappa shape index (κ1) is 30.1. The van der Waals surface area contributed by atoms with Gasteiger partial charge >= 0.3 is 0 Å². The SMILES string of the molecule is CC.CNc1ccccc1-c1ccc2c(c1)C(c1ccccc1)(c1ccccc1)c1ccccc1-2.Cc1ccc(Br)cc1. The van der Waals surface area contributed by atoms with Gasteiger partial charge in [0.2, 0.25) is 0 Å². The Kier molecular flexibility index (Phi) is 9.59. The van der Waals surface area contributed by atoms with Crippen molar-refractivity contribution in [2.45, 2.75) is 26.2 Å². The minimum absolute atomic E-state index is 0.362. The van der Waals surface area contributed by atoms with Crippen molar-refractivity contribution in [2.75, 3.05) is 12.4 Å². The summed E-state index contributed by atoms with van der Waals surface area (Å²) in [5.41, 5.74) is 12.4. The zero-order chi connectivity index (χ0) is 30.2. The van der Waals surface area contributed by atoms with Crippen LogP contribution in [0.1, 0.15) is 41.7 Å². The van der Waals surface area contributed by atoms with Crippen molar-refractivity contribution in [1.29, 1.82) is 0 Å². The topological polar surface area (TPSA) is 12.0 Å². The quantitative estimate of drug-likeness (QED) is 0.205. The molecule has 6 aromatic carbocycles. The molecule has 0 amide bonds. The van der Waals surface area contributed by atoms with Gasteiger partial charge in [-0.3, -0.25) is 0 Å². The van der Waals surface area contributed by atoms with E-state index in [0.717, 1.165) is 10.2 Å². The molecule has 0 heterocycles. The zero-order valence-corrected chi connectivity index (χ0v) is 26.9. The Labute approximate surface area is 265 Å². The second-order valence-electron chi connectivity index (χ2n) is 10.4. The Morgan fingerprint density at radius 1 is 0.512 bits per heavy atom. The van der Waals surface area contributed by atoms with Gasteiger partial charge < -0.3 is 5.32 Å². The van der Waals surface area contributed by atoms with E-state index in [1.54, 1.807) is 0 Å². The monoisotopic (exact) mass is 623 g/mol. The first-order chi connectivity index (χ1) is 21.1. The molecule has 1 N–H and O–H groups in total. The van der Waals surface area contributed by atoms with Gasteiger partial charge in [0.05, 0.1) is 5.41 Å². The van der Waals surface area contributed by atoms with Crippen LogP contribution in [0.4, 0.5) is 5.69 Å². The van der Waals surface area contributed by atoms with E-state index in [1.165, 1.54) is 50.1 Å². The molecule has 1 aliphatic rings. The van der Waals surface area contributed by atoms with Gasteiger partial charge in [-0.2, -0.15) is 0 Å². The molecule has 7 rings (SSSR count). The van der Waals surface area contributed by atoms with Crippen LogP contribution >= 0.6 is 15.9 Å². The van der Waals surface area contributed by atoms with Crippen molar-refractivity contribution in [3.63, 3.8) is 0 Å². The van der Waals surface area contributed by atoms with Crippen molar-refractivity contribution in [3.8, 4) is 22.3 Å². The molecule has 0 radical (unpaired) electrons. The molecular weight excluding hydrogens is 586 g/mol. The van der Waals surface area contributed by atoms with E-state index >= 15 is 0 Å². The largest absolute Gasteiger partial charge is 0.388 e. The Hall–Kier alpha value is -4.40. The van der Waals surface area contributed by atoms with Gasteiger partial charge in [-0.1, -0.05) is 163 Å². The lowest BCUT2D eigenvalue weighted by Crippen LogP contribution is -2.28. The standard InChI is InChI=1S/C32H25N.C7H7Br.C2H6/c1-33-31-19-11-9-16-26(31)23-20-21-28-27-17-8-10-18-29(27)32(30(28)22-23,24-12-4-2-5-13-24)25-14-6-3-7-15-25;1-6-2-4-7(8)5-3-6;1-2/h2-22,33H,1H3;2-5H,1H3;1-2H3. The Bertz CT molecular complexity index is 1710. The molecule has 0 bridgehead atoms. The number of rotatable bonds is 4. The maximum atomic E-state index is 3.36. The molecule has 0 fully saturated rings. The summed E-state index contributed by atoms with van der Waals surface area (Å²) < 4.78 is 1.14. The number of hydrogen-bond acceptors (Lipinski definition) is 1. The average molecular weight is 625 g/mol. The summed E-state index contributed by atoms with van der Waals surface area (Å²) in [6, 6.07) is 54.5. The molecule has 214 valence electrons. The van der Waals surface area contributed by atoms with Crippen LogP contribution in [0, 0.1) is 6.92 Å². The summed E-state index contributed by atoms with van der Waals surface area (Å²) in [5.74, 6) is 0. The fraction of sp³-hybridized carbons (Fsp3) is 0.122. The van der Waals surface area contributed by atoms with E-state index in [9.17, 15) is 0 Å². The van der Waals surface area contributed by atoms with Crippen LogP contribution in [-0.4, -0.2) is 7.05 Å². The van der Waals surface area contributed by atoms with E-state index in [1.807, 2.05) is 33.0 Å². The number of aryl methyl sites for hydroxylation is 1. The van der Waals surface area contributed by atoms with Crippen LogP contribution in [0.3, 0.4) is 0 Å². The Morgan fingerprint density at radius 2 is 1.02 bits per heavy atom. The summed E-state index contributed by atoms with van der Waals surface area (Å²) in [6.45, 7) is 6.08. The normalized spacial score (nSPS) is 12.0. The molecule has 43 heavy (non-hydrogen) atoms. The van der Waals surface area contributed by atoms with Crippen LogP contribution < -0.4 is 5.32 Å². The fourth-order valence-corrected chi connectivity index (χ4v) is 6.36. The van der Waals surface area contributed by atoms with Crippen molar-refractivity contribution in [2.24, 2.45) is 0 Å². The summed E-state index contributed by atoms with van der Waals surface area (Å²) in [6.07, 6.45) is 0. The number of fused-ring (bicyclic) bond motifs is 3. The molecule has 2 heteroatoms. The van der Waals surface area contributed by atoms with Crippen LogP contribution in [0.2, 0.25) is 0 Å². The number of hydrogen-bond donors (Lipinski definition) is 1. The second-order valence-corrected chi connectivity index (χ2v) is 11.3. The molecule has 0 saturated heterocycles. The van der Waals surface area contributed by atoms with Crippen molar-refractivity contribution in [3.05, 3.63) is 184 Å². The third kappa shape index (κ3) is 5.81. The first-order valence-electron chi connectivity index (χ1n) is 15.0. The molecule has 0 aliphatic heterocycles. The summed E-state index contributed by atoms with van der Waals surface area (Å²) in [5, 5.41) is 3.36. The highest BCUT2D eigenvalue weighted by Crippen LogP contribution is 2.56. The van der Waals surface area contributed by atoms with Crippen molar-refractivity contribution >= 4 is 21.6 Å². The van der Waals surface area contributed by atoms with Gasteiger partial charge in [0.25, 0.3) is 0 Å². The summed E-state index contributed by atoms with van der Waals surface area (Å²) in [7, 11) is 1.99. The minimum atomic E-state index is -0.362. The second kappa shape index (κ2) is 13.7. The highest BCUT2D eigenvalue weighted by Gasteiger charge is 2.46. The predicted octanol–water partition coefficient (Wildman–Crippen LogP) is 11.5. The lowest BCUT2D eigenvalue weighted by molar-refractivity contribution is 0.769. The summed E-state index contributed by atoms with van der Waals surface area (Å²) in [4.78, 5) is 0. The highest BCUT2D eigenvalue weighted by atomic mass is 79.9. The minimum Gasteiger partial charge on any atom is -0.388 e. The molecule has 1 aliphatic carbocycles. The Morgan fingerprint density at radius 3 is 1.60 bits per heavy atom. The molecule has 0 saturated carbocycles. The molecule has 1 nitrogen and oxygen atoms in total. The Balaban J connectivity index is 0.000000317. The highest BCUT2D eigenvalue weighted by molar-refractivity contribution is 9.10. The molecule has 0 atom stereocenters. The van der Waals surface area contributed by atoms with E-state index in [4.69, 9.17) is 0 Å². The van der Waals surface area contributed by atoms with E-state index in [2.05, 4.69) is 168 Å². The predicted molar refractivity (Wildman–Crippen MR) is 189 cm³/mol. The number of nitrogens with one attached hydrogen (secondary N) is 1. The van der Waals surface area contributed by atoms with E-state index in [0.29, 0.717) is 0 Å². The molecule has 6 aromatic rings. The van der Waals surface area contributed by atoms with Crippen molar-refractivity contribution in [1.82, 2.24) is 0 Å². The first-order valence-corrected chi connectivity index (χ1v) is 15.8. The van der Waals surface area contributed by atoms with Crippen LogP contribution in [-0.2, 0) is 5.41 Å². The van der Waals surface area contributed by atoms with E-state index in [-0.39, 0.29) is 5.41 Å². The fourth-order valence-electron chi connectivity index (χ4n) is 6.10. The van der Waals surface area contributed by atoms with Gasteiger partial charge in [0.1, 0.15) is 0 Å². The maximum absolute atomic E-state index is 3.36. The zero-order valence-electron chi connectivity index (χ0n) is 25.3. The number of benzene rings is 6. The molecular formula is C41H38BrN. The average Bonchev–Trinajstić information content (AvgIpc) is 3.38. The van der Waals surface area contributed by atoms with E-state index < -0.39 is 0 Å². The van der Waals surface area contributed by atoms with Crippen LogP contribution in [0.25, 0.3) is 22.3 Å². The summed E-state index contributed by atoms with van der Waals surface area (Å²) >= 11 is 3.35. The van der Waals surface area contributed by atoms with Crippen LogP contribution in [0.15, 0.2) is 156 Å². The van der Waals surface area contributed by atoms with Crippen molar-refractivity contribution < 1.29 is 0 Å². The third-order valence-electron chi connectivity index (χ3n) is 7.98. The number of anilines is 1. The van der Waals surface area contributed by atoms with Crippen LogP contribution in [0.5, 0.6) is 0 Å². The number of halogens is 1. The van der Waals surface area contributed by atoms with Gasteiger partial charge in [-0.05, 0) is 70.1 Å². The lowest BCUT2D eigenvalue weighted by atomic mass is 9.67. The smallest absolute Gasteiger partial charge is 0.0713 e. The third-order valence-corrected chi connectivity index (χ3v) is 8.51. The van der Waals surface area contributed by atoms with Gasteiger partial charge in [-0.15, -0.1) is 0 Å². The molecule has 0 aromatic heterocycles. The molecule has 0 unspecified atom stereocenters. The maximum Gasteiger partial charge on any atom is 0.0713 e. The lowest BCUT2D eigenvalue weighted by Gasteiger charge is -2.34. The number of para-hydroxylation sites is 1. The van der Waals surface area contributed by atoms with Gasteiger partial charge in [0.15, 0.2) is 0 Å². The van der Waals surface area contributed by atoms with Gasteiger partial charge in [0, 0.05) is 22.8 Å². The van der Waals surface area contributed by atoms with Gasteiger partial charge in [-0.25, -0.2) is 0 Å². The molecule has 0 spiro atoms.